The molecule has 0 saturated carbocycles. The number of rotatable bonds is 5. The summed E-state index contributed by atoms with van der Waals surface area (Å²) in [6.45, 7) is 3.94. The summed E-state index contributed by atoms with van der Waals surface area (Å²) in [6, 6.07) is 12.4. The molecule has 3 aromatic rings. The minimum absolute atomic E-state index is 0.0882. The van der Waals surface area contributed by atoms with Crippen LogP contribution in [0.5, 0.6) is 5.75 Å². The Bertz CT molecular complexity index is 978. The first-order chi connectivity index (χ1) is 11.4. The van der Waals surface area contributed by atoms with Crippen molar-refractivity contribution in [3.05, 3.63) is 42.5 Å². The van der Waals surface area contributed by atoms with Gasteiger partial charge in [-0.2, -0.15) is 0 Å². The molecule has 1 aromatic heterocycles. The van der Waals surface area contributed by atoms with Crippen molar-refractivity contribution < 1.29 is 13.2 Å². The van der Waals surface area contributed by atoms with E-state index in [1.807, 2.05) is 38.1 Å². The lowest BCUT2D eigenvalue weighted by Crippen LogP contribution is -2.18. The van der Waals surface area contributed by atoms with Crippen LogP contribution in [0, 0.1) is 0 Å². The van der Waals surface area contributed by atoms with Gasteiger partial charge in [-0.1, -0.05) is 12.1 Å². The van der Waals surface area contributed by atoms with Crippen molar-refractivity contribution in [3.63, 3.8) is 0 Å². The highest BCUT2D eigenvalue weighted by Gasteiger charge is 2.14. The van der Waals surface area contributed by atoms with Gasteiger partial charge < -0.3 is 9.72 Å². The number of hydrogen-bond donors (Lipinski definition) is 2. The summed E-state index contributed by atoms with van der Waals surface area (Å²) in [6.07, 6.45) is 0.0882. The average Bonchev–Trinajstić information content (AvgIpc) is 2.97. The Morgan fingerprint density at radius 3 is 2.67 bits per heavy atom. The number of nitrogens with one attached hydrogen (secondary N) is 2. The van der Waals surface area contributed by atoms with Crippen molar-refractivity contribution in [2.45, 2.75) is 24.8 Å². The third-order valence-corrected chi connectivity index (χ3v) is 4.92. The van der Waals surface area contributed by atoms with E-state index in [0.717, 1.165) is 11.3 Å². The molecule has 0 atom stereocenters. The van der Waals surface area contributed by atoms with Gasteiger partial charge in [0, 0.05) is 5.56 Å². The Labute approximate surface area is 140 Å². The first kappa shape index (κ1) is 16.5. The van der Waals surface area contributed by atoms with Crippen LogP contribution in [0.25, 0.3) is 22.4 Å². The fourth-order valence-electron chi connectivity index (χ4n) is 2.40. The van der Waals surface area contributed by atoms with E-state index in [4.69, 9.17) is 4.74 Å². The van der Waals surface area contributed by atoms with Gasteiger partial charge in [0.2, 0.25) is 10.0 Å². The molecule has 0 bridgehead atoms. The summed E-state index contributed by atoms with van der Waals surface area (Å²) < 4.78 is 31.8. The first-order valence-electron chi connectivity index (χ1n) is 7.59. The summed E-state index contributed by atoms with van der Waals surface area (Å²) in [5.74, 6) is 1.43. The largest absolute Gasteiger partial charge is 0.491 e. The van der Waals surface area contributed by atoms with Crippen molar-refractivity contribution in [2.75, 3.05) is 7.05 Å². The predicted molar refractivity (Wildman–Crippen MR) is 93.5 cm³/mol. The van der Waals surface area contributed by atoms with Gasteiger partial charge >= 0.3 is 0 Å². The summed E-state index contributed by atoms with van der Waals surface area (Å²) in [7, 11) is -2.10. The maximum Gasteiger partial charge on any atom is 0.240 e. The number of aromatic nitrogens is 2. The molecule has 6 nitrogen and oxygen atoms in total. The van der Waals surface area contributed by atoms with Gasteiger partial charge in [0.05, 0.1) is 22.0 Å². The standard InChI is InChI=1S/C17H19N3O3S/c1-11(2)23-13-6-4-5-12(9-13)17-19-15-8-7-14(10-16(15)20-17)24(21,22)18-3/h4-11,18H,1-3H3,(H,19,20). The topological polar surface area (TPSA) is 84.1 Å². The molecule has 0 amide bonds. The molecule has 126 valence electrons. The van der Waals surface area contributed by atoms with Crippen LogP contribution >= 0.6 is 0 Å². The minimum atomic E-state index is -3.48. The number of fused-ring (bicyclic) bond motifs is 1. The molecular weight excluding hydrogens is 326 g/mol. The second kappa shape index (κ2) is 6.26. The van der Waals surface area contributed by atoms with Crippen LogP contribution in [0.4, 0.5) is 0 Å². The lowest BCUT2D eigenvalue weighted by molar-refractivity contribution is 0.242. The molecule has 0 spiro atoms. The molecule has 0 aliphatic rings. The van der Waals surface area contributed by atoms with Crippen LogP contribution < -0.4 is 9.46 Å². The maximum absolute atomic E-state index is 11.9. The summed E-state index contributed by atoms with van der Waals surface area (Å²) in [5, 5.41) is 0. The number of ether oxygens (including phenoxy) is 1. The van der Waals surface area contributed by atoms with E-state index in [2.05, 4.69) is 14.7 Å². The van der Waals surface area contributed by atoms with E-state index >= 15 is 0 Å². The number of aromatic amines is 1. The molecule has 1 heterocycles. The predicted octanol–water partition coefficient (Wildman–Crippen LogP) is 2.93. The number of nitrogens with zero attached hydrogens (tertiary/aromatic N) is 1. The molecular formula is C17H19N3O3S. The molecule has 0 aliphatic heterocycles. The molecule has 0 fully saturated rings. The smallest absolute Gasteiger partial charge is 0.240 e. The van der Waals surface area contributed by atoms with Gasteiger partial charge in [-0.3, -0.25) is 0 Å². The van der Waals surface area contributed by atoms with Gasteiger partial charge in [-0.25, -0.2) is 18.1 Å². The Morgan fingerprint density at radius 2 is 1.96 bits per heavy atom. The van der Waals surface area contributed by atoms with Crippen LogP contribution in [0.2, 0.25) is 0 Å². The summed E-state index contributed by atoms with van der Waals surface area (Å²) in [5.41, 5.74) is 2.24. The third-order valence-electron chi connectivity index (χ3n) is 3.51. The van der Waals surface area contributed by atoms with Gasteiger partial charge in [0.15, 0.2) is 0 Å². The zero-order valence-corrected chi connectivity index (χ0v) is 14.5. The van der Waals surface area contributed by atoms with Crippen LogP contribution in [0.15, 0.2) is 47.4 Å². The second-order valence-corrected chi connectivity index (χ2v) is 7.55. The van der Waals surface area contributed by atoms with Crippen molar-refractivity contribution in [1.29, 1.82) is 0 Å². The Hall–Kier alpha value is -2.38. The van der Waals surface area contributed by atoms with Crippen molar-refractivity contribution >= 4 is 21.1 Å². The van der Waals surface area contributed by atoms with E-state index in [1.54, 1.807) is 12.1 Å². The van der Waals surface area contributed by atoms with Gasteiger partial charge in [0.25, 0.3) is 0 Å². The highest BCUT2D eigenvalue weighted by molar-refractivity contribution is 7.89. The quantitative estimate of drug-likeness (QED) is 0.745. The first-order valence-corrected chi connectivity index (χ1v) is 9.08. The van der Waals surface area contributed by atoms with E-state index in [9.17, 15) is 8.42 Å². The number of H-pyrrole nitrogens is 1. The molecule has 3 rings (SSSR count). The molecule has 0 saturated heterocycles. The highest BCUT2D eigenvalue weighted by atomic mass is 32.2. The number of sulfonamides is 1. The van der Waals surface area contributed by atoms with Crippen LogP contribution in [-0.2, 0) is 10.0 Å². The van der Waals surface area contributed by atoms with Crippen LogP contribution in [0.3, 0.4) is 0 Å². The fourth-order valence-corrected chi connectivity index (χ4v) is 3.16. The lowest BCUT2D eigenvalue weighted by Gasteiger charge is -2.10. The van der Waals surface area contributed by atoms with Gasteiger partial charge in [-0.15, -0.1) is 0 Å². The fraction of sp³-hybridized carbons (Fsp3) is 0.235. The summed E-state index contributed by atoms with van der Waals surface area (Å²) in [4.78, 5) is 7.89. The monoisotopic (exact) mass is 345 g/mol. The molecule has 24 heavy (non-hydrogen) atoms. The minimum Gasteiger partial charge on any atom is -0.491 e. The second-order valence-electron chi connectivity index (χ2n) is 5.67. The van der Waals surface area contributed by atoms with Crippen molar-refractivity contribution in [2.24, 2.45) is 0 Å². The van der Waals surface area contributed by atoms with Gasteiger partial charge in [-0.05, 0) is 51.2 Å². The van der Waals surface area contributed by atoms with Crippen molar-refractivity contribution in [1.82, 2.24) is 14.7 Å². The molecule has 0 aliphatic carbocycles. The zero-order chi connectivity index (χ0) is 17.3. The molecule has 2 aromatic carbocycles. The Kier molecular flexibility index (Phi) is 4.29. The number of benzene rings is 2. The third kappa shape index (κ3) is 3.27. The average molecular weight is 345 g/mol. The van der Waals surface area contributed by atoms with Crippen LogP contribution in [-0.4, -0.2) is 31.5 Å². The molecule has 2 N–H and O–H groups in total. The Balaban J connectivity index is 2.02. The van der Waals surface area contributed by atoms with Crippen LogP contribution in [0.1, 0.15) is 13.8 Å². The zero-order valence-electron chi connectivity index (χ0n) is 13.7. The van der Waals surface area contributed by atoms with E-state index < -0.39 is 10.0 Å². The normalized spacial score (nSPS) is 12.0. The van der Waals surface area contributed by atoms with E-state index in [1.165, 1.54) is 13.1 Å². The van der Waals surface area contributed by atoms with E-state index in [0.29, 0.717) is 16.9 Å². The molecule has 7 heteroatoms. The van der Waals surface area contributed by atoms with E-state index in [-0.39, 0.29) is 11.0 Å². The molecule has 0 unspecified atom stereocenters. The number of hydrogen-bond acceptors (Lipinski definition) is 4. The van der Waals surface area contributed by atoms with Gasteiger partial charge in [0.1, 0.15) is 11.6 Å². The maximum atomic E-state index is 11.9. The Morgan fingerprint density at radius 1 is 1.17 bits per heavy atom. The molecule has 0 radical (unpaired) electrons. The lowest BCUT2D eigenvalue weighted by atomic mass is 10.2. The SMILES string of the molecule is CNS(=O)(=O)c1ccc2nc(-c3cccc(OC(C)C)c3)[nH]c2c1. The summed E-state index contributed by atoms with van der Waals surface area (Å²) >= 11 is 0. The number of imidazole rings is 1. The van der Waals surface area contributed by atoms with Crippen molar-refractivity contribution in [3.8, 4) is 17.1 Å². The highest BCUT2D eigenvalue weighted by Crippen LogP contribution is 2.25.